The number of amides is 2. The van der Waals surface area contributed by atoms with Gasteiger partial charge in [-0.25, -0.2) is 19.7 Å². The van der Waals surface area contributed by atoms with Crippen LogP contribution in [-0.4, -0.2) is 83.4 Å². The Bertz CT molecular complexity index is 1170. The van der Waals surface area contributed by atoms with Gasteiger partial charge >= 0.3 is 6.03 Å². The molecule has 1 saturated heterocycles. The predicted octanol–water partition coefficient (Wildman–Crippen LogP) is 2.17. The van der Waals surface area contributed by atoms with Gasteiger partial charge in [-0.2, -0.15) is 0 Å². The Morgan fingerprint density at radius 1 is 1.15 bits per heavy atom. The summed E-state index contributed by atoms with van der Waals surface area (Å²) >= 11 is 0. The number of methoxy groups -OCH3 is 3. The molecule has 3 heterocycles. The van der Waals surface area contributed by atoms with Gasteiger partial charge in [-0.15, -0.1) is 0 Å². The summed E-state index contributed by atoms with van der Waals surface area (Å²) < 4.78 is 18.5. The Kier molecular flexibility index (Phi) is 6.62. The van der Waals surface area contributed by atoms with Crippen LogP contribution in [0.3, 0.4) is 0 Å². The molecule has 2 amide bonds. The molecule has 1 fully saturated rings. The van der Waals surface area contributed by atoms with Crippen molar-refractivity contribution in [2.45, 2.75) is 31.8 Å². The van der Waals surface area contributed by atoms with Crippen LogP contribution in [0, 0.1) is 0 Å². The van der Waals surface area contributed by atoms with Crippen LogP contribution in [0.4, 0.5) is 10.6 Å². The zero-order valence-electron chi connectivity index (χ0n) is 20.2. The van der Waals surface area contributed by atoms with Gasteiger partial charge < -0.3 is 34.3 Å². The van der Waals surface area contributed by atoms with Crippen LogP contribution < -0.4 is 19.9 Å². The highest BCUT2D eigenvalue weighted by molar-refractivity contribution is 5.82. The SMILES string of the molecule is COc1cc(Cc2nc3c(N)ncnc3n2C[C@@H]2CCCN2C(=O)N(C)C)cc(OC)c1OC. The number of rotatable bonds is 7. The lowest BCUT2D eigenvalue weighted by atomic mass is 10.1. The highest BCUT2D eigenvalue weighted by Crippen LogP contribution is 2.39. The molecule has 11 heteroatoms. The van der Waals surface area contributed by atoms with Crippen LogP contribution >= 0.6 is 0 Å². The van der Waals surface area contributed by atoms with E-state index in [4.69, 9.17) is 24.9 Å². The average Bonchev–Trinajstić information content (AvgIpc) is 3.43. The maximum atomic E-state index is 12.7. The van der Waals surface area contributed by atoms with Crippen molar-refractivity contribution in [3.05, 3.63) is 29.8 Å². The molecule has 0 radical (unpaired) electrons. The Morgan fingerprint density at radius 2 is 1.85 bits per heavy atom. The number of nitrogens with two attached hydrogens (primary N) is 1. The van der Waals surface area contributed by atoms with E-state index in [9.17, 15) is 4.79 Å². The lowest BCUT2D eigenvalue weighted by molar-refractivity contribution is 0.161. The number of urea groups is 1. The predicted molar refractivity (Wildman–Crippen MR) is 127 cm³/mol. The second-order valence-electron chi connectivity index (χ2n) is 8.45. The number of imidazole rings is 1. The van der Waals surface area contributed by atoms with E-state index in [0.29, 0.717) is 47.2 Å². The summed E-state index contributed by atoms with van der Waals surface area (Å²) in [4.78, 5) is 29.6. The van der Waals surface area contributed by atoms with Crippen molar-refractivity contribution >= 4 is 23.0 Å². The van der Waals surface area contributed by atoms with Crippen molar-refractivity contribution in [3.8, 4) is 17.2 Å². The first kappa shape index (κ1) is 23.4. The van der Waals surface area contributed by atoms with Gasteiger partial charge in [0.15, 0.2) is 28.5 Å². The van der Waals surface area contributed by atoms with Crippen LogP contribution in [0.5, 0.6) is 17.2 Å². The summed E-state index contributed by atoms with van der Waals surface area (Å²) in [5.74, 6) is 2.75. The van der Waals surface area contributed by atoms with Crippen molar-refractivity contribution in [2.75, 3.05) is 47.7 Å². The first-order valence-electron chi connectivity index (χ1n) is 11.1. The van der Waals surface area contributed by atoms with Gasteiger partial charge in [-0.1, -0.05) is 0 Å². The third-order valence-electron chi connectivity index (χ3n) is 6.12. The number of nitrogen functional groups attached to an aromatic ring is 1. The van der Waals surface area contributed by atoms with Gasteiger partial charge in [0.2, 0.25) is 5.75 Å². The molecule has 1 aliphatic rings. The van der Waals surface area contributed by atoms with Crippen molar-refractivity contribution in [3.63, 3.8) is 0 Å². The Morgan fingerprint density at radius 3 is 2.47 bits per heavy atom. The number of aromatic nitrogens is 4. The van der Waals surface area contributed by atoms with Gasteiger partial charge in [0, 0.05) is 33.6 Å². The standard InChI is InChI=1S/C23H31N7O4/c1-28(2)23(31)29-8-6-7-15(29)12-30-18(27-19-21(24)25-13-26-22(19)30)11-14-9-16(32-3)20(34-5)17(10-14)33-4/h9-10,13,15H,6-8,11-12H2,1-5H3,(H2,24,25,26)/t15-/m0/s1. The third-order valence-corrected chi connectivity index (χ3v) is 6.12. The topological polar surface area (TPSA) is 121 Å². The molecule has 0 spiro atoms. The largest absolute Gasteiger partial charge is 0.493 e. The molecular weight excluding hydrogens is 438 g/mol. The molecule has 1 atom stereocenters. The zero-order valence-corrected chi connectivity index (χ0v) is 20.2. The van der Waals surface area contributed by atoms with Crippen LogP contribution in [-0.2, 0) is 13.0 Å². The number of anilines is 1. The molecule has 0 aliphatic carbocycles. The van der Waals surface area contributed by atoms with Crippen LogP contribution in [0.25, 0.3) is 11.2 Å². The summed E-state index contributed by atoms with van der Waals surface area (Å²) in [7, 11) is 8.29. The molecule has 2 N–H and O–H groups in total. The second-order valence-corrected chi connectivity index (χ2v) is 8.45. The summed E-state index contributed by atoms with van der Waals surface area (Å²) in [6.07, 6.45) is 3.77. The Balaban J connectivity index is 1.75. The zero-order chi connectivity index (χ0) is 24.4. The van der Waals surface area contributed by atoms with E-state index in [1.54, 1.807) is 40.3 Å². The molecule has 0 saturated carbocycles. The fourth-order valence-corrected chi connectivity index (χ4v) is 4.49. The van der Waals surface area contributed by atoms with Gasteiger partial charge in [-0.3, -0.25) is 0 Å². The summed E-state index contributed by atoms with van der Waals surface area (Å²) in [5.41, 5.74) is 8.25. The van der Waals surface area contributed by atoms with Crippen molar-refractivity contribution in [2.24, 2.45) is 0 Å². The highest BCUT2D eigenvalue weighted by atomic mass is 16.5. The number of nitrogens with zero attached hydrogens (tertiary/aromatic N) is 6. The first-order valence-corrected chi connectivity index (χ1v) is 11.1. The summed E-state index contributed by atoms with van der Waals surface area (Å²) in [5, 5.41) is 0. The lowest BCUT2D eigenvalue weighted by Gasteiger charge is -2.28. The fraction of sp³-hybridized carbons (Fsp3) is 0.478. The molecule has 3 aromatic rings. The molecular formula is C23H31N7O4. The van der Waals surface area contributed by atoms with E-state index >= 15 is 0 Å². The number of likely N-dealkylation sites (tertiary alicyclic amines) is 1. The number of fused-ring (bicyclic) bond motifs is 1. The maximum absolute atomic E-state index is 12.7. The molecule has 0 bridgehead atoms. The van der Waals surface area contributed by atoms with E-state index in [1.807, 2.05) is 21.6 Å². The lowest BCUT2D eigenvalue weighted by Crippen LogP contribution is -2.43. The minimum absolute atomic E-state index is 0.00670. The van der Waals surface area contributed by atoms with Crippen LogP contribution in [0.2, 0.25) is 0 Å². The maximum Gasteiger partial charge on any atom is 0.319 e. The minimum Gasteiger partial charge on any atom is -0.493 e. The first-order chi connectivity index (χ1) is 16.4. The smallest absolute Gasteiger partial charge is 0.319 e. The molecule has 11 nitrogen and oxygen atoms in total. The van der Waals surface area contributed by atoms with E-state index < -0.39 is 0 Å². The molecule has 2 aromatic heterocycles. The van der Waals surface area contributed by atoms with Crippen LogP contribution in [0.1, 0.15) is 24.2 Å². The second kappa shape index (κ2) is 9.62. The highest BCUT2D eigenvalue weighted by Gasteiger charge is 2.31. The summed E-state index contributed by atoms with van der Waals surface area (Å²) in [6.45, 7) is 1.29. The quantitative estimate of drug-likeness (QED) is 0.559. The average molecular weight is 470 g/mol. The molecule has 182 valence electrons. The number of carbonyl (C=O) groups is 1. The van der Waals surface area contributed by atoms with E-state index in [0.717, 1.165) is 30.8 Å². The van der Waals surface area contributed by atoms with E-state index in [1.165, 1.54) is 6.33 Å². The van der Waals surface area contributed by atoms with Crippen LogP contribution in [0.15, 0.2) is 18.5 Å². The van der Waals surface area contributed by atoms with Crippen molar-refractivity contribution in [1.29, 1.82) is 0 Å². The monoisotopic (exact) mass is 469 g/mol. The minimum atomic E-state index is 0.00670. The van der Waals surface area contributed by atoms with Crippen molar-refractivity contribution < 1.29 is 19.0 Å². The van der Waals surface area contributed by atoms with Gasteiger partial charge in [0.05, 0.1) is 27.4 Å². The number of ether oxygens (including phenoxy) is 3. The number of benzene rings is 1. The Hall–Kier alpha value is -3.76. The van der Waals surface area contributed by atoms with E-state index in [2.05, 4.69) is 9.97 Å². The van der Waals surface area contributed by atoms with E-state index in [-0.39, 0.29) is 12.1 Å². The number of hydrogen-bond acceptors (Lipinski definition) is 8. The molecule has 4 rings (SSSR count). The van der Waals surface area contributed by atoms with Gasteiger partial charge in [-0.05, 0) is 30.5 Å². The number of carbonyl (C=O) groups excluding carboxylic acids is 1. The third kappa shape index (κ3) is 4.25. The fourth-order valence-electron chi connectivity index (χ4n) is 4.49. The van der Waals surface area contributed by atoms with Gasteiger partial charge in [0.1, 0.15) is 12.2 Å². The Labute approximate surface area is 198 Å². The normalized spacial score (nSPS) is 15.6. The number of hydrogen-bond donors (Lipinski definition) is 1. The van der Waals surface area contributed by atoms with Gasteiger partial charge in [0.25, 0.3) is 0 Å². The summed E-state index contributed by atoms with van der Waals surface area (Å²) in [6, 6.07) is 3.84. The molecule has 0 unspecified atom stereocenters. The molecule has 34 heavy (non-hydrogen) atoms. The molecule has 1 aliphatic heterocycles. The molecule has 1 aromatic carbocycles. The van der Waals surface area contributed by atoms with Crippen molar-refractivity contribution in [1.82, 2.24) is 29.3 Å².